The van der Waals surface area contributed by atoms with Crippen LogP contribution in [0.4, 0.5) is 0 Å². The molecule has 0 aromatic heterocycles. The van der Waals surface area contributed by atoms with E-state index in [0.717, 1.165) is 4.90 Å². The predicted octanol–water partition coefficient (Wildman–Crippen LogP) is -1.71. The lowest BCUT2D eigenvalue weighted by Gasteiger charge is -2.25. The molecule has 0 radical (unpaired) electrons. The maximum Gasteiger partial charge on any atom is 0.307 e. The van der Waals surface area contributed by atoms with Gasteiger partial charge in [0.1, 0.15) is 0 Å². The maximum absolute atomic E-state index is 12.2. The lowest BCUT2D eigenvalue weighted by molar-refractivity contribution is -0.150. The maximum atomic E-state index is 12.2. The lowest BCUT2D eigenvalue weighted by atomic mass is 9.94. The van der Waals surface area contributed by atoms with Crippen LogP contribution in [0.25, 0.3) is 0 Å². The summed E-state index contributed by atoms with van der Waals surface area (Å²) >= 11 is 0. The highest BCUT2D eigenvalue weighted by molar-refractivity contribution is 5.91. The Labute approximate surface area is 109 Å². The number of hydrogen-bond donors (Lipinski definition) is 3. The van der Waals surface area contributed by atoms with Gasteiger partial charge in [0, 0.05) is 0 Å². The van der Waals surface area contributed by atoms with Gasteiger partial charge in [-0.05, 0) is 12.8 Å². The van der Waals surface area contributed by atoms with Gasteiger partial charge in [-0.25, -0.2) is 0 Å². The summed E-state index contributed by atoms with van der Waals surface area (Å²) in [6.45, 7) is -0.880. The highest BCUT2D eigenvalue weighted by atomic mass is 16.4. The van der Waals surface area contributed by atoms with Crippen LogP contribution in [0.1, 0.15) is 19.3 Å². The number of carbonyl (C=O) groups excluding carboxylic acids is 3. The van der Waals surface area contributed by atoms with Crippen LogP contribution in [0.15, 0.2) is 0 Å². The fourth-order valence-corrected chi connectivity index (χ4v) is 2.37. The number of carboxylic acids is 1. The van der Waals surface area contributed by atoms with E-state index in [4.69, 9.17) is 16.6 Å². The van der Waals surface area contributed by atoms with Gasteiger partial charge in [-0.2, -0.15) is 0 Å². The van der Waals surface area contributed by atoms with E-state index in [-0.39, 0.29) is 0 Å². The number of nitrogens with two attached hydrogens (primary N) is 2. The van der Waals surface area contributed by atoms with Crippen molar-refractivity contribution in [1.29, 1.82) is 0 Å². The molecule has 19 heavy (non-hydrogen) atoms. The van der Waals surface area contributed by atoms with E-state index >= 15 is 0 Å². The molecule has 0 unspecified atom stereocenters. The second-order valence-electron chi connectivity index (χ2n) is 4.61. The number of hydrogen-bond acceptors (Lipinski definition) is 4. The topological polar surface area (TPSA) is 144 Å². The normalized spacial score (nSPS) is 21.9. The van der Waals surface area contributed by atoms with Crippen molar-refractivity contribution in [2.75, 3.05) is 13.1 Å². The first-order chi connectivity index (χ1) is 8.82. The number of carbonyl (C=O) groups is 4. The fourth-order valence-electron chi connectivity index (χ4n) is 2.37. The van der Waals surface area contributed by atoms with Crippen molar-refractivity contribution in [3.05, 3.63) is 0 Å². The summed E-state index contributed by atoms with van der Waals surface area (Å²) in [6.07, 6.45) is 1.45. The highest BCUT2D eigenvalue weighted by Gasteiger charge is 2.40. The third-order valence-electron chi connectivity index (χ3n) is 3.16. The molecule has 8 nitrogen and oxygen atoms in total. The van der Waals surface area contributed by atoms with Gasteiger partial charge in [-0.15, -0.1) is 0 Å². The minimum absolute atomic E-state index is 0.409. The van der Waals surface area contributed by atoms with Crippen LogP contribution in [0, 0.1) is 11.8 Å². The smallest absolute Gasteiger partial charge is 0.307 e. The van der Waals surface area contributed by atoms with Crippen LogP contribution in [-0.2, 0) is 19.2 Å². The van der Waals surface area contributed by atoms with Crippen molar-refractivity contribution in [3.8, 4) is 0 Å². The number of aliphatic carboxylic acids is 1. The molecule has 106 valence electrons. The first kappa shape index (κ1) is 14.9. The lowest BCUT2D eigenvalue weighted by Crippen LogP contribution is -2.47. The molecular formula is C11H17N3O5. The second kappa shape index (κ2) is 6.17. The fraction of sp³-hybridized carbons (Fsp3) is 0.636. The van der Waals surface area contributed by atoms with E-state index in [1.54, 1.807) is 0 Å². The van der Waals surface area contributed by atoms with Gasteiger partial charge in [0.2, 0.25) is 17.7 Å². The van der Waals surface area contributed by atoms with Gasteiger partial charge in [0.15, 0.2) is 0 Å². The molecule has 1 rings (SSSR count). The van der Waals surface area contributed by atoms with Crippen LogP contribution >= 0.6 is 0 Å². The number of rotatable bonds is 6. The molecule has 1 saturated carbocycles. The van der Waals surface area contributed by atoms with E-state index in [2.05, 4.69) is 0 Å². The van der Waals surface area contributed by atoms with Crippen LogP contribution in [0.3, 0.4) is 0 Å². The molecule has 0 aromatic rings. The summed E-state index contributed by atoms with van der Waals surface area (Å²) in [6, 6.07) is 0. The Kier molecular flexibility index (Phi) is 4.85. The van der Waals surface area contributed by atoms with E-state index in [1.807, 2.05) is 0 Å². The van der Waals surface area contributed by atoms with Crippen LogP contribution in [0.2, 0.25) is 0 Å². The summed E-state index contributed by atoms with van der Waals surface area (Å²) in [5, 5.41) is 9.02. The molecule has 0 saturated heterocycles. The zero-order valence-corrected chi connectivity index (χ0v) is 10.4. The molecule has 0 spiro atoms. The largest absolute Gasteiger partial charge is 0.481 e. The Morgan fingerprint density at radius 2 is 1.47 bits per heavy atom. The van der Waals surface area contributed by atoms with Crippen molar-refractivity contribution < 1.29 is 24.3 Å². The molecule has 8 heteroatoms. The molecule has 0 heterocycles. The molecular weight excluding hydrogens is 254 g/mol. The summed E-state index contributed by atoms with van der Waals surface area (Å²) in [5.74, 6) is -4.66. The zero-order chi connectivity index (χ0) is 14.6. The van der Waals surface area contributed by atoms with Crippen LogP contribution in [-0.4, -0.2) is 46.8 Å². The Hall–Kier alpha value is -2.12. The minimum Gasteiger partial charge on any atom is -0.481 e. The molecule has 0 bridgehead atoms. The molecule has 5 N–H and O–H groups in total. The van der Waals surface area contributed by atoms with Gasteiger partial charge in [0.25, 0.3) is 0 Å². The molecule has 0 aromatic carbocycles. The number of carboxylic acid groups (broad SMARTS) is 1. The third kappa shape index (κ3) is 3.94. The van der Waals surface area contributed by atoms with E-state index in [9.17, 15) is 19.2 Å². The van der Waals surface area contributed by atoms with Gasteiger partial charge in [-0.1, -0.05) is 6.42 Å². The Bertz CT molecular complexity index is 393. The summed E-state index contributed by atoms with van der Waals surface area (Å²) < 4.78 is 0. The summed E-state index contributed by atoms with van der Waals surface area (Å²) in [7, 11) is 0. The average molecular weight is 271 g/mol. The minimum atomic E-state index is -1.05. The monoisotopic (exact) mass is 271 g/mol. The summed E-state index contributed by atoms with van der Waals surface area (Å²) in [5.41, 5.74) is 10.00. The molecule has 1 fully saturated rings. The average Bonchev–Trinajstić information content (AvgIpc) is 2.74. The van der Waals surface area contributed by atoms with Gasteiger partial charge >= 0.3 is 5.97 Å². The van der Waals surface area contributed by atoms with Crippen molar-refractivity contribution in [3.63, 3.8) is 0 Å². The predicted molar refractivity (Wildman–Crippen MR) is 63.4 cm³/mol. The number of amides is 3. The molecule has 2 atom stereocenters. The summed E-state index contributed by atoms with van der Waals surface area (Å²) in [4.78, 5) is 45.9. The highest BCUT2D eigenvalue weighted by Crippen LogP contribution is 2.33. The first-order valence-corrected chi connectivity index (χ1v) is 5.91. The quantitative estimate of drug-likeness (QED) is 0.526. The van der Waals surface area contributed by atoms with Gasteiger partial charge in [0.05, 0.1) is 24.9 Å². The van der Waals surface area contributed by atoms with Crippen LogP contribution in [0.5, 0.6) is 0 Å². The van der Waals surface area contributed by atoms with E-state index in [0.29, 0.717) is 19.3 Å². The van der Waals surface area contributed by atoms with Gasteiger partial charge in [-0.3, -0.25) is 19.2 Å². The van der Waals surface area contributed by atoms with Crippen molar-refractivity contribution in [1.82, 2.24) is 4.90 Å². The molecule has 0 aliphatic heterocycles. The van der Waals surface area contributed by atoms with E-state index < -0.39 is 48.6 Å². The molecule has 1 aliphatic carbocycles. The second-order valence-corrected chi connectivity index (χ2v) is 4.61. The van der Waals surface area contributed by atoms with Crippen molar-refractivity contribution in [2.24, 2.45) is 23.3 Å². The Morgan fingerprint density at radius 1 is 1.00 bits per heavy atom. The standard InChI is InChI=1S/C11H17N3O5/c12-8(15)4-14(5-9(13)16)10(17)6-2-1-3-7(6)11(18)19/h6-7H,1-5H2,(H2,12,15)(H2,13,16)(H,18,19)/t6-,7+/m1/s1. The van der Waals surface area contributed by atoms with Crippen molar-refractivity contribution >= 4 is 23.7 Å². The Morgan fingerprint density at radius 3 is 1.89 bits per heavy atom. The van der Waals surface area contributed by atoms with Crippen molar-refractivity contribution in [2.45, 2.75) is 19.3 Å². The van der Waals surface area contributed by atoms with E-state index in [1.165, 1.54) is 0 Å². The molecule has 3 amide bonds. The number of nitrogens with zero attached hydrogens (tertiary/aromatic N) is 1. The molecule has 1 aliphatic rings. The Balaban J connectivity index is 2.82. The SMILES string of the molecule is NC(=O)CN(CC(N)=O)C(=O)[C@@H]1CCC[C@@H]1C(=O)O. The zero-order valence-electron chi connectivity index (χ0n) is 10.4. The van der Waals surface area contributed by atoms with Crippen LogP contribution < -0.4 is 11.5 Å². The van der Waals surface area contributed by atoms with Gasteiger partial charge < -0.3 is 21.5 Å². The number of primary amides is 2. The first-order valence-electron chi connectivity index (χ1n) is 5.91. The third-order valence-corrected chi connectivity index (χ3v) is 3.16.